The highest BCUT2D eigenvalue weighted by Crippen LogP contribution is 2.40. The molecule has 0 aliphatic carbocycles. The highest BCUT2D eigenvalue weighted by Gasteiger charge is 2.41. The van der Waals surface area contributed by atoms with Crippen molar-refractivity contribution >= 4 is 35.0 Å². The van der Waals surface area contributed by atoms with Gasteiger partial charge in [0, 0.05) is 10.6 Å². The van der Waals surface area contributed by atoms with Crippen LogP contribution >= 0.6 is 11.8 Å². The van der Waals surface area contributed by atoms with Crippen LogP contribution in [0.25, 0.3) is 0 Å². The molecule has 0 unspecified atom stereocenters. The van der Waals surface area contributed by atoms with Gasteiger partial charge in [-0.15, -0.1) is 0 Å². The van der Waals surface area contributed by atoms with E-state index in [0.717, 1.165) is 16.1 Å². The van der Waals surface area contributed by atoms with Gasteiger partial charge in [-0.05, 0) is 48.9 Å². The van der Waals surface area contributed by atoms with Gasteiger partial charge in [-0.2, -0.15) is 0 Å². The average Bonchev–Trinajstić information content (AvgIpc) is 2.98. The van der Waals surface area contributed by atoms with Crippen LogP contribution in [0.2, 0.25) is 0 Å². The van der Waals surface area contributed by atoms with Gasteiger partial charge in [-0.1, -0.05) is 54.2 Å². The summed E-state index contributed by atoms with van der Waals surface area (Å²) in [4.78, 5) is 29.2. The van der Waals surface area contributed by atoms with Crippen molar-refractivity contribution in [2.24, 2.45) is 0 Å². The van der Waals surface area contributed by atoms with Gasteiger partial charge in [0.2, 0.25) is 0 Å². The first kappa shape index (κ1) is 19.8. The fourth-order valence-electron chi connectivity index (χ4n) is 3.22. The van der Waals surface area contributed by atoms with Gasteiger partial charge in [0.1, 0.15) is 16.4 Å². The Bertz CT molecular complexity index is 1140. The molecule has 0 fully saturated rings. The first-order valence-electron chi connectivity index (χ1n) is 9.41. The van der Waals surface area contributed by atoms with E-state index in [1.807, 2.05) is 61.5 Å². The van der Waals surface area contributed by atoms with Crippen LogP contribution < -0.4 is 15.0 Å². The molecule has 0 saturated carbocycles. The van der Waals surface area contributed by atoms with Crippen LogP contribution in [0.1, 0.15) is 5.56 Å². The zero-order chi connectivity index (χ0) is 21.1. The maximum atomic E-state index is 13.4. The Morgan fingerprint density at radius 1 is 0.867 bits per heavy atom. The molecule has 1 aliphatic heterocycles. The fraction of sp³-hybridized carbons (Fsp3) is 0.0833. The number of ether oxygens (including phenoxy) is 1. The van der Waals surface area contributed by atoms with E-state index in [-0.39, 0.29) is 11.6 Å². The number of imide groups is 1. The summed E-state index contributed by atoms with van der Waals surface area (Å²) in [6.45, 7) is 1.97. The minimum absolute atomic E-state index is 0.255. The molecule has 1 heterocycles. The molecule has 6 heteroatoms. The summed E-state index contributed by atoms with van der Waals surface area (Å²) in [7, 11) is 1.52. The quantitative estimate of drug-likeness (QED) is 0.574. The van der Waals surface area contributed by atoms with E-state index in [2.05, 4.69) is 5.32 Å². The maximum absolute atomic E-state index is 13.4. The number of anilines is 2. The van der Waals surface area contributed by atoms with Crippen LogP contribution in [0.15, 0.2) is 94.4 Å². The number of aryl methyl sites for hydroxylation is 1. The van der Waals surface area contributed by atoms with Crippen molar-refractivity contribution in [2.75, 3.05) is 17.3 Å². The third-order valence-electron chi connectivity index (χ3n) is 4.62. The van der Waals surface area contributed by atoms with Crippen LogP contribution in [0, 0.1) is 6.92 Å². The van der Waals surface area contributed by atoms with Crippen LogP contribution in [0.4, 0.5) is 11.4 Å². The van der Waals surface area contributed by atoms with Gasteiger partial charge >= 0.3 is 0 Å². The minimum atomic E-state index is -0.413. The molecule has 0 spiro atoms. The highest BCUT2D eigenvalue weighted by atomic mass is 32.2. The molecule has 3 aromatic rings. The van der Waals surface area contributed by atoms with Crippen LogP contribution in [0.5, 0.6) is 5.75 Å². The number of nitrogens with one attached hydrogen (secondary N) is 1. The van der Waals surface area contributed by atoms with Crippen molar-refractivity contribution in [2.45, 2.75) is 11.8 Å². The van der Waals surface area contributed by atoms with Crippen molar-refractivity contribution in [1.82, 2.24) is 0 Å². The lowest BCUT2D eigenvalue weighted by Crippen LogP contribution is -2.32. The normalized spacial score (nSPS) is 13.7. The van der Waals surface area contributed by atoms with E-state index in [0.29, 0.717) is 16.3 Å². The van der Waals surface area contributed by atoms with E-state index in [9.17, 15) is 9.59 Å². The third-order valence-corrected chi connectivity index (χ3v) is 5.71. The summed E-state index contributed by atoms with van der Waals surface area (Å²) in [6.07, 6.45) is 0. The van der Waals surface area contributed by atoms with Crippen LogP contribution in [0.3, 0.4) is 0 Å². The van der Waals surface area contributed by atoms with Crippen molar-refractivity contribution in [3.8, 4) is 5.75 Å². The highest BCUT2D eigenvalue weighted by molar-refractivity contribution is 8.04. The zero-order valence-electron chi connectivity index (χ0n) is 16.6. The van der Waals surface area contributed by atoms with Gasteiger partial charge in [-0.3, -0.25) is 9.59 Å². The summed E-state index contributed by atoms with van der Waals surface area (Å²) in [5.41, 5.74) is 2.47. The molecule has 2 amide bonds. The Morgan fingerprint density at radius 2 is 1.60 bits per heavy atom. The molecule has 1 N–H and O–H groups in total. The first-order chi connectivity index (χ1) is 14.6. The molecular weight excluding hydrogens is 396 g/mol. The maximum Gasteiger partial charge on any atom is 0.283 e. The largest absolute Gasteiger partial charge is 0.495 e. The van der Waals surface area contributed by atoms with E-state index in [1.165, 1.54) is 23.8 Å². The molecule has 0 saturated heterocycles. The number of methoxy groups -OCH3 is 1. The summed E-state index contributed by atoms with van der Waals surface area (Å²) < 4.78 is 5.39. The molecule has 3 aromatic carbocycles. The second-order valence-corrected chi connectivity index (χ2v) is 7.82. The first-order valence-corrected chi connectivity index (χ1v) is 10.2. The summed E-state index contributed by atoms with van der Waals surface area (Å²) >= 11 is 1.27. The monoisotopic (exact) mass is 416 g/mol. The smallest absolute Gasteiger partial charge is 0.283 e. The number of rotatable bonds is 6. The standard InChI is InChI=1S/C24H20N2O3S/c1-16-9-8-10-17(15-16)25-21-22(30-18-11-4-3-5-12-18)24(28)26(23(21)27)19-13-6-7-14-20(19)29-2/h3-15,25H,1-2H3. The molecule has 0 atom stereocenters. The lowest BCUT2D eigenvalue weighted by molar-refractivity contribution is -0.120. The molecule has 0 aromatic heterocycles. The number of benzene rings is 3. The predicted molar refractivity (Wildman–Crippen MR) is 120 cm³/mol. The van der Waals surface area contributed by atoms with Gasteiger partial charge in [0.25, 0.3) is 11.8 Å². The molecule has 1 aliphatic rings. The van der Waals surface area contributed by atoms with Crippen LogP contribution in [-0.2, 0) is 9.59 Å². The van der Waals surface area contributed by atoms with Crippen molar-refractivity contribution in [3.05, 3.63) is 95.0 Å². The second-order valence-electron chi connectivity index (χ2n) is 6.73. The Kier molecular flexibility index (Phi) is 5.59. The minimum Gasteiger partial charge on any atom is -0.495 e. The average molecular weight is 417 g/mol. The van der Waals surface area contributed by atoms with E-state index < -0.39 is 5.91 Å². The number of para-hydroxylation sites is 2. The molecule has 150 valence electrons. The molecule has 4 rings (SSSR count). The van der Waals surface area contributed by atoms with E-state index in [4.69, 9.17) is 4.74 Å². The van der Waals surface area contributed by atoms with Gasteiger partial charge in [-0.25, -0.2) is 4.90 Å². The van der Waals surface area contributed by atoms with E-state index in [1.54, 1.807) is 24.3 Å². The third kappa shape index (κ3) is 3.82. The Morgan fingerprint density at radius 3 is 2.33 bits per heavy atom. The number of amides is 2. The number of carbonyl (C=O) groups is 2. The molecule has 0 bridgehead atoms. The van der Waals surface area contributed by atoms with Gasteiger partial charge < -0.3 is 10.1 Å². The Hall–Kier alpha value is -3.51. The number of hydrogen-bond acceptors (Lipinski definition) is 5. The summed E-state index contributed by atoms with van der Waals surface area (Å²) in [6, 6.07) is 24.2. The number of nitrogens with zero attached hydrogens (tertiary/aromatic N) is 1. The zero-order valence-corrected chi connectivity index (χ0v) is 17.4. The summed E-state index contributed by atoms with van der Waals surface area (Å²) in [5, 5.41) is 3.18. The molecule has 30 heavy (non-hydrogen) atoms. The van der Waals surface area contributed by atoms with Crippen molar-refractivity contribution in [3.63, 3.8) is 0 Å². The lowest BCUT2D eigenvalue weighted by Gasteiger charge is -2.18. The lowest BCUT2D eigenvalue weighted by atomic mass is 10.2. The molecule has 5 nitrogen and oxygen atoms in total. The fourth-order valence-corrected chi connectivity index (χ4v) is 4.17. The SMILES string of the molecule is COc1ccccc1N1C(=O)C(Nc2cccc(C)c2)=C(Sc2ccccc2)C1=O. The van der Waals surface area contributed by atoms with Crippen LogP contribution in [-0.4, -0.2) is 18.9 Å². The van der Waals surface area contributed by atoms with Gasteiger partial charge in [0.05, 0.1) is 12.8 Å². The number of hydrogen-bond donors (Lipinski definition) is 1. The van der Waals surface area contributed by atoms with Crippen molar-refractivity contribution < 1.29 is 14.3 Å². The molecular formula is C24H20N2O3S. The number of thioether (sulfide) groups is 1. The predicted octanol–water partition coefficient (Wildman–Crippen LogP) is 4.99. The number of carbonyl (C=O) groups excluding carboxylic acids is 2. The Labute approximate surface area is 179 Å². The van der Waals surface area contributed by atoms with Crippen molar-refractivity contribution in [1.29, 1.82) is 0 Å². The summed E-state index contributed by atoms with van der Waals surface area (Å²) in [5.74, 6) is -0.335. The van der Waals surface area contributed by atoms with E-state index >= 15 is 0 Å². The topological polar surface area (TPSA) is 58.6 Å². The van der Waals surface area contributed by atoms with Gasteiger partial charge in [0.15, 0.2) is 0 Å². The second kappa shape index (κ2) is 8.47. The Balaban J connectivity index is 1.77. The molecule has 0 radical (unpaired) electrons.